The first-order valence-electron chi connectivity index (χ1n) is 9.70. The van der Waals surface area contributed by atoms with Crippen LogP contribution in [-0.4, -0.2) is 29.6 Å². The number of nitrogens with one attached hydrogen (secondary N) is 1. The van der Waals surface area contributed by atoms with E-state index in [0.717, 1.165) is 24.1 Å². The van der Waals surface area contributed by atoms with Gasteiger partial charge in [-0.15, -0.1) is 0 Å². The van der Waals surface area contributed by atoms with Gasteiger partial charge >= 0.3 is 5.97 Å². The fourth-order valence-electron chi connectivity index (χ4n) is 3.65. The Morgan fingerprint density at radius 1 is 1.23 bits per heavy atom. The molecule has 0 spiro atoms. The van der Waals surface area contributed by atoms with Crippen LogP contribution < -0.4 is 21.3 Å². The van der Waals surface area contributed by atoms with Crippen LogP contribution in [0.4, 0.5) is 17.2 Å². The van der Waals surface area contributed by atoms with E-state index < -0.39 is 5.97 Å². The first-order valence-corrected chi connectivity index (χ1v) is 9.70. The minimum atomic E-state index is -0.415. The van der Waals surface area contributed by atoms with Gasteiger partial charge < -0.3 is 14.6 Å². The molecule has 3 aromatic rings. The lowest BCUT2D eigenvalue weighted by Crippen LogP contribution is -2.42. The molecule has 0 aliphatic carbocycles. The number of aryl methyl sites for hydroxylation is 2. The van der Waals surface area contributed by atoms with Crippen LogP contribution in [0.5, 0.6) is 0 Å². The number of anilines is 2. The number of H-pyrrole nitrogens is 1. The van der Waals surface area contributed by atoms with Crippen molar-refractivity contribution in [3.05, 3.63) is 80.3 Å². The maximum absolute atomic E-state index is 12.5. The molecule has 1 aliphatic rings. The van der Waals surface area contributed by atoms with Gasteiger partial charge in [0, 0.05) is 6.54 Å². The summed E-state index contributed by atoms with van der Waals surface area (Å²) in [5.74, 6) is 0.0334. The number of hydrogen-bond acceptors (Lipinski definition) is 6. The molecular weight excluding hydrogens is 380 g/mol. The number of aromatic amines is 1. The second-order valence-corrected chi connectivity index (χ2v) is 7.18. The second-order valence-electron chi connectivity index (χ2n) is 7.18. The zero-order valence-electron chi connectivity index (χ0n) is 16.9. The van der Waals surface area contributed by atoms with Crippen LogP contribution in [0.2, 0.25) is 0 Å². The van der Waals surface area contributed by atoms with Crippen molar-refractivity contribution in [2.45, 2.75) is 19.8 Å². The number of aromatic nitrogens is 2. The monoisotopic (exact) mass is 402 g/mol. The van der Waals surface area contributed by atoms with Gasteiger partial charge in [-0.25, -0.2) is 14.8 Å². The Bertz CT molecular complexity index is 1280. The molecule has 4 rings (SSSR count). The van der Waals surface area contributed by atoms with Crippen LogP contribution in [0, 0.1) is 6.92 Å². The first-order chi connectivity index (χ1) is 14.5. The molecule has 7 heteroatoms. The van der Waals surface area contributed by atoms with Gasteiger partial charge in [0.15, 0.2) is 11.2 Å². The highest BCUT2D eigenvalue weighted by atomic mass is 16.5. The highest BCUT2D eigenvalue weighted by Crippen LogP contribution is 2.37. The molecule has 30 heavy (non-hydrogen) atoms. The summed E-state index contributed by atoms with van der Waals surface area (Å²) in [4.78, 5) is 38.3. The Hall–Kier alpha value is -3.74. The Labute approximate surface area is 173 Å². The molecule has 0 unspecified atom stereocenters. The fraction of sp³-hybridized carbons (Fsp3) is 0.217. The van der Waals surface area contributed by atoms with Crippen molar-refractivity contribution in [2.75, 3.05) is 18.6 Å². The summed E-state index contributed by atoms with van der Waals surface area (Å²) in [5.41, 5.74) is 3.70. The molecule has 2 heterocycles. The van der Waals surface area contributed by atoms with Crippen molar-refractivity contribution in [1.82, 2.24) is 9.97 Å². The Balaban J connectivity index is 1.80. The SMILES string of the molecule is C=c1nc2c(c(=O)[nH]1)=Nc1cc(C)c(C(=O)OC)cc1N2CCCc1ccccc1. The maximum atomic E-state index is 12.5. The minimum absolute atomic E-state index is 0.250. The molecule has 7 nitrogen and oxygen atoms in total. The van der Waals surface area contributed by atoms with E-state index in [2.05, 4.69) is 33.7 Å². The van der Waals surface area contributed by atoms with Gasteiger partial charge in [0.1, 0.15) is 5.48 Å². The highest BCUT2D eigenvalue weighted by molar-refractivity contribution is 5.94. The van der Waals surface area contributed by atoms with E-state index in [1.807, 2.05) is 30.0 Å². The number of benzene rings is 2. The summed E-state index contributed by atoms with van der Waals surface area (Å²) in [6.07, 6.45) is 1.70. The van der Waals surface area contributed by atoms with E-state index in [9.17, 15) is 9.59 Å². The number of fused-ring (bicyclic) bond motifs is 2. The van der Waals surface area contributed by atoms with Crippen molar-refractivity contribution in [2.24, 2.45) is 4.99 Å². The van der Waals surface area contributed by atoms with E-state index in [1.54, 1.807) is 12.1 Å². The normalized spacial score (nSPS) is 12.0. The topological polar surface area (TPSA) is 87.7 Å². The van der Waals surface area contributed by atoms with Gasteiger partial charge in [0.05, 0.1) is 24.0 Å². The van der Waals surface area contributed by atoms with E-state index in [-0.39, 0.29) is 16.4 Å². The van der Waals surface area contributed by atoms with Crippen LogP contribution in [0.3, 0.4) is 0 Å². The molecule has 0 saturated carbocycles. The lowest BCUT2D eigenvalue weighted by Gasteiger charge is -2.28. The first kappa shape index (κ1) is 19.6. The third-order valence-corrected chi connectivity index (χ3v) is 5.12. The molecule has 1 N–H and O–H groups in total. The number of carbonyl (C=O) groups is 1. The van der Waals surface area contributed by atoms with Crippen LogP contribution in [0.25, 0.3) is 6.58 Å². The van der Waals surface area contributed by atoms with Gasteiger partial charge in [-0.2, -0.15) is 0 Å². The highest BCUT2D eigenvalue weighted by Gasteiger charge is 2.25. The molecule has 2 aromatic carbocycles. The van der Waals surface area contributed by atoms with E-state index in [1.165, 1.54) is 12.7 Å². The van der Waals surface area contributed by atoms with Gasteiger partial charge in [0.2, 0.25) is 0 Å². The van der Waals surface area contributed by atoms with Gasteiger partial charge in [0.25, 0.3) is 5.56 Å². The predicted octanol–water partition coefficient (Wildman–Crippen LogP) is 2.31. The third-order valence-electron chi connectivity index (χ3n) is 5.12. The quantitative estimate of drug-likeness (QED) is 0.662. The third kappa shape index (κ3) is 3.61. The molecule has 1 aliphatic heterocycles. The van der Waals surface area contributed by atoms with E-state index >= 15 is 0 Å². The summed E-state index contributed by atoms with van der Waals surface area (Å²) in [6.45, 7) is 6.19. The van der Waals surface area contributed by atoms with Crippen LogP contribution >= 0.6 is 0 Å². The number of ether oxygens (including phenoxy) is 1. The molecule has 1 aromatic heterocycles. The smallest absolute Gasteiger partial charge is 0.338 e. The molecule has 0 radical (unpaired) electrons. The average Bonchev–Trinajstić information content (AvgIpc) is 2.73. The number of rotatable bonds is 5. The zero-order valence-corrected chi connectivity index (χ0v) is 16.9. The molecular formula is C23H22N4O3. The van der Waals surface area contributed by atoms with Crippen molar-refractivity contribution in [1.29, 1.82) is 0 Å². The second kappa shape index (κ2) is 7.94. The fourth-order valence-corrected chi connectivity index (χ4v) is 3.65. The minimum Gasteiger partial charge on any atom is -0.465 e. The molecule has 0 atom stereocenters. The predicted molar refractivity (Wildman–Crippen MR) is 115 cm³/mol. The number of esters is 1. The molecule has 0 amide bonds. The molecule has 0 fully saturated rings. The summed E-state index contributed by atoms with van der Waals surface area (Å²) >= 11 is 0. The van der Waals surface area contributed by atoms with Gasteiger partial charge in [-0.1, -0.05) is 36.9 Å². The lowest BCUT2D eigenvalue weighted by molar-refractivity contribution is 0.0600. The van der Waals surface area contributed by atoms with Crippen molar-refractivity contribution in [3.63, 3.8) is 0 Å². The number of nitrogens with zero attached hydrogens (tertiary/aromatic N) is 3. The van der Waals surface area contributed by atoms with Gasteiger partial charge in [-0.3, -0.25) is 4.79 Å². The Morgan fingerprint density at radius 2 is 2.00 bits per heavy atom. The standard InChI is InChI=1S/C23H22N4O3/c1-14-12-18-19(13-17(14)23(29)30-3)27(11-7-10-16-8-5-4-6-9-16)21-20(26-18)22(28)25-15(2)24-21/h4-6,8-9,12-13H,2,7,10-11H2,1,3H3,(H,25,28). The van der Waals surface area contributed by atoms with Crippen molar-refractivity contribution in [3.8, 4) is 0 Å². The summed E-state index contributed by atoms with van der Waals surface area (Å²) < 4.78 is 4.92. The van der Waals surface area contributed by atoms with Crippen LogP contribution in [0.1, 0.15) is 27.9 Å². The largest absolute Gasteiger partial charge is 0.465 e. The summed E-state index contributed by atoms with van der Waals surface area (Å²) in [6, 6.07) is 13.8. The number of hydrogen-bond donors (Lipinski definition) is 1. The van der Waals surface area contributed by atoms with Crippen LogP contribution in [-0.2, 0) is 11.2 Å². The van der Waals surface area contributed by atoms with Crippen molar-refractivity contribution < 1.29 is 9.53 Å². The maximum Gasteiger partial charge on any atom is 0.338 e. The van der Waals surface area contributed by atoms with Crippen LogP contribution in [0.15, 0.2) is 52.3 Å². The zero-order chi connectivity index (χ0) is 21.3. The van der Waals surface area contributed by atoms with Gasteiger partial charge in [-0.05, 0) is 43.0 Å². The molecule has 0 saturated heterocycles. The number of carbonyl (C=O) groups excluding carboxylic acids is 1. The lowest BCUT2D eigenvalue weighted by atomic mass is 10.0. The molecule has 0 bridgehead atoms. The van der Waals surface area contributed by atoms with E-state index in [0.29, 0.717) is 23.6 Å². The van der Waals surface area contributed by atoms with Crippen molar-refractivity contribution >= 4 is 29.7 Å². The molecule has 152 valence electrons. The average molecular weight is 402 g/mol. The van der Waals surface area contributed by atoms with E-state index in [4.69, 9.17) is 4.74 Å². The summed E-state index contributed by atoms with van der Waals surface area (Å²) in [5, 5.41) is 0.250. The summed E-state index contributed by atoms with van der Waals surface area (Å²) in [7, 11) is 1.36. The Morgan fingerprint density at radius 3 is 2.73 bits per heavy atom. The Kier molecular flexibility index (Phi) is 5.18. The number of methoxy groups -OCH3 is 1.